The summed E-state index contributed by atoms with van der Waals surface area (Å²) in [6, 6.07) is 0. The molecular formula is C11H20N4S. The molecule has 1 N–H and O–H groups in total. The smallest absolute Gasteiger partial charge is 0.238 e. The second-order valence-electron chi connectivity index (χ2n) is 4.85. The minimum Gasteiger partial charge on any atom is -0.360 e. The van der Waals surface area contributed by atoms with Crippen molar-refractivity contribution in [1.29, 1.82) is 0 Å². The van der Waals surface area contributed by atoms with Crippen LogP contribution >= 0.6 is 11.5 Å². The van der Waals surface area contributed by atoms with Gasteiger partial charge in [-0.05, 0) is 24.7 Å². The molecule has 4 nitrogen and oxygen atoms in total. The number of rotatable bonds is 5. The van der Waals surface area contributed by atoms with Gasteiger partial charge in [-0.25, -0.2) is 0 Å². The Balaban J connectivity index is 1.89. The Morgan fingerprint density at radius 1 is 1.44 bits per heavy atom. The SMILES string of the molecule is CCC1(CNc2nc(N(C)C)ns2)CCC1. The van der Waals surface area contributed by atoms with Crippen LogP contribution in [-0.2, 0) is 0 Å². The van der Waals surface area contributed by atoms with Crippen LogP contribution in [0.1, 0.15) is 32.6 Å². The van der Waals surface area contributed by atoms with Gasteiger partial charge in [-0.15, -0.1) is 0 Å². The number of hydrogen-bond donors (Lipinski definition) is 1. The highest BCUT2D eigenvalue weighted by Gasteiger charge is 2.34. The predicted octanol–water partition coefficient (Wildman–Crippen LogP) is 2.60. The Bertz CT molecular complexity index is 338. The fourth-order valence-electron chi connectivity index (χ4n) is 2.06. The fourth-order valence-corrected chi connectivity index (χ4v) is 2.70. The second-order valence-corrected chi connectivity index (χ2v) is 5.61. The van der Waals surface area contributed by atoms with Gasteiger partial charge >= 0.3 is 0 Å². The molecule has 1 aromatic rings. The topological polar surface area (TPSA) is 41.1 Å². The van der Waals surface area contributed by atoms with Gasteiger partial charge in [-0.3, -0.25) is 0 Å². The van der Waals surface area contributed by atoms with Crippen molar-refractivity contribution in [3.8, 4) is 0 Å². The number of aromatic nitrogens is 2. The Kier molecular flexibility index (Phi) is 3.33. The van der Waals surface area contributed by atoms with Crippen molar-refractivity contribution in [3.63, 3.8) is 0 Å². The molecule has 1 aliphatic rings. The van der Waals surface area contributed by atoms with E-state index in [2.05, 4.69) is 21.6 Å². The molecule has 0 amide bonds. The van der Waals surface area contributed by atoms with Gasteiger partial charge in [-0.1, -0.05) is 13.3 Å². The van der Waals surface area contributed by atoms with Crippen molar-refractivity contribution in [2.45, 2.75) is 32.6 Å². The molecule has 5 heteroatoms. The lowest BCUT2D eigenvalue weighted by Gasteiger charge is -2.41. The van der Waals surface area contributed by atoms with Crippen LogP contribution in [0.3, 0.4) is 0 Å². The van der Waals surface area contributed by atoms with Crippen molar-refractivity contribution in [3.05, 3.63) is 0 Å². The van der Waals surface area contributed by atoms with Crippen LogP contribution in [0.4, 0.5) is 11.1 Å². The maximum Gasteiger partial charge on any atom is 0.238 e. The van der Waals surface area contributed by atoms with E-state index in [4.69, 9.17) is 0 Å². The number of nitrogens with zero attached hydrogens (tertiary/aromatic N) is 3. The van der Waals surface area contributed by atoms with E-state index in [0.29, 0.717) is 5.41 Å². The quantitative estimate of drug-likeness (QED) is 0.859. The molecule has 0 spiro atoms. The van der Waals surface area contributed by atoms with Crippen molar-refractivity contribution in [1.82, 2.24) is 9.36 Å². The Morgan fingerprint density at radius 3 is 2.62 bits per heavy atom. The highest BCUT2D eigenvalue weighted by Crippen LogP contribution is 2.43. The van der Waals surface area contributed by atoms with E-state index >= 15 is 0 Å². The van der Waals surface area contributed by atoms with Crippen LogP contribution in [0, 0.1) is 5.41 Å². The van der Waals surface area contributed by atoms with Gasteiger partial charge in [0.1, 0.15) is 0 Å². The summed E-state index contributed by atoms with van der Waals surface area (Å²) in [7, 11) is 3.93. The molecule has 0 aliphatic heterocycles. The van der Waals surface area contributed by atoms with Crippen molar-refractivity contribution in [2.24, 2.45) is 5.41 Å². The van der Waals surface area contributed by atoms with Crippen LogP contribution in [0.2, 0.25) is 0 Å². The van der Waals surface area contributed by atoms with Gasteiger partial charge in [-0.2, -0.15) is 9.36 Å². The van der Waals surface area contributed by atoms with E-state index in [9.17, 15) is 0 Å². The van der Waals surface area contributed by atoms with Gasteiger partial charge in [0.15, 0.2) is 0 Å². The van der Waals surface area contributed by atoms with Crippen molar-refractivity contribution in [2.75, 3.05) is 30.9 Å². The zero-order valence-electron chi connectivity index (χ0n) is 10.3. The zero-order valence-corrected chi connectivity index (χ0v) is 11.1. The summed E-state index contributed by atoms with van der Waals surface area (Å²) in [5.74, 6) is 0.798. The molecule has 16 heavy (non-hydrogen) atoms. The van der Waals surface area contributed by atoms with Crippen LogP contribution in [0.5, 0.6) is 0 Å². The Morgan fingerprint density at radius 2 is 2.19 bits per heavy atom. The van der Waals surface area contributed by atoms with E-state index in [1.54, 1.807) is 0 Å². The molecule has 0 aromatic carbocycles. The molecule has 0 bridgehead atoms. The summed E-state index contributed by atoms with van der Waals surface area (Å²) in [5, 5.41) is 4.38. The summed E-state index contributed by atoms with van der Waals surface area (Å²) in [6.07, 6.45) is 5.36. The van der Waals surface area contributed by atoms with Gasteiger partial charge < -0.3 is 10.2 Å². The molecular weight excluding hydrogens is 220 g/mol. The summed E-state index contributed by atoms with van der Waals surface area (Å²) in [5.41, 5.74) is 0.532. The van der Waals surface area contributed by atoms with Crippen LogP contribution < -0.4 is 10.2 Å². The monoisotopic (exact) mass is 240 g/mol. The predicted molar refractivity (Wildman–Crippen MR) is 69.3 cm³/mol. The maximum atomic E-state index is 4.43. The molecule has 2 rings (SSSR count). The van der Waals surface area contributed by atoms with E-state index in [-0.39, 0.29) is 0 Å². The molecule has 1 aromatic heterocycles. The molecule has 1 heterocycles. The van der Waals surface area contributed by atoms with Gasteiger partial charge in [0, 0.05) is 32.2 Å². The van der Waals surface area contributed by atoms with E-state index < -0.39 is 0 Å². The van der Waals surface area contributed by atoms with Crippen LogP contribution in [0.25, 0.3) is 0 Å². The van der Waals surface area contributed by atoms with Crippen molar-refractivity contribution < 1.29 is 0 Å². The molecule has 0 unspecified atom stereocenters. The first-order chi connectivity index (χ1) is 7.65. The molecule has 90 valence electrons. The molecule has 0 saturated heterocycles. The lowest BCUT2D eigenvalue weighted by Crippen LogP contribution is -2.35. The third-order valence-electron chi connectivity index (χ3n) is 3.59. The first-order valence-electron chi connectivity index (χ1n) is 5.90. The lowest BCUT2D eigenvalue weighted by molar-refractivity contribution is 0.145. The van der Waals surface area contributed by atoms with Crippen LogP contribution in [0.15, 0.2) is 0 Å². The second kappa shape index (κ2) is 4.57. The van der Waals surface area contributed by atoms with Gasteiger partial charge in [0.25, 0.3) is 0 Å². The minimum absolute atomic E-state index is 0.532. The molecule has 1 aliphatic carbocycles. The third-order valence-corrected chi connectivity index (χ3v) is 4.26. The third kappa shape index (κ3) is 2.29. The van der Waals surface area contributed by atoms with E-state index in [1.165, 1.54) is 37.2 Å². The summed E-state index contributed by atoms with van der Waals surface area (Å²) in [4.78, 5) is 6.36. The lowest BCUT2D eigenvalue weighted by atomic mass is 9.67. The summed E-state index contributed by atoms with van der Waals surface area (Å²) in [6.45, 7) is 3.33. The summed E-state index contributed by atoms with van der Waals surface area (Å²) >= 11 is 1.45. The Hall–Kier alpha value is -0.840. The van der Waals surface area contributed by atoms with Crippen molar-refractivity contribution >= 4 is 22.6 Å². The molecule has 1 fully saturated rings. The molecule has 0 radical (unpaired) electrons. The van der Waals surface area contributed by atoms with E-state index in [1.807, 2.05) is 19.0 Å². The number of anilines is 2. The van der Waals surface area contributed by atoms with Gasteiger partial charge in [0.2, 0.25) is 11.1 Å². The fraction of sp³-hybridized carbons (Fsp3) is 0.818. The standard InChI is InChI=1S/C11H20N4S/c1-4-11(6-5-7-11)8-12-10-13-9(14-16-10)15(2)3/h4-8H2,1-3H3,(H,12,13,14). The highest BCUT2D eigenvalue weighted by molar-refractivity contribution is 7.09. The first-order valence-corrected chi connectivity index (χ1v) is 6.67. The normalized spacial score (nSPS) is 17.9. The summed E-state index contributed by atoms with van der Waals surface area (Å²) < 4.78 is 4.28. The average molecular weight is 240 g/mol. The van der Waals surface area contributed by atoms with Crippen LogP contribution in [-0.4, -0.2) is 30.0 Å². The largest absolute Gasteiger partial charge is 0.360 e. The number of hydrogen-bond acceptors (Lipinski definition) is 5. The Labute approximate surface area is 101 Å². The van der Waals surface area contributed by atoms with E-state index in [0.717, 1.165) is 17.6 Å². The minimum atomic E-state index is 0.532. The van der Waals surface area contributed by atoms with Gasteiger partial charge in [0.05, 0.1) is 0 Å². The molecule has 0 atom stereocenters. The zero-order chi connectivity index (χ0) is 11.6. The highest BCUT2D eigenvalue weighted by atomic mass is 32.1. The maximum absolute atomic E-state index is 4.43. The molecule has 1 saturated carbocycles. The average Bonchev–Trinajstić information content (AvgIpc) is 2.65. The first kappa shape index (κ1) is 11.6. The number of nitrogens with one attached hydrogen (secondary N) is 1.